The molecule has 4 nitrogen and oxygen atoms in total. The van der Waals surface area contributed by atoms with Crippen molar-refractivity contribution in [2.24, 2.45) is 0 Å². The summed E-state index contributed by atoms with van der Waals surface area (Å²) in [6.45, 7) is 0.929. The van der Waals surface area contributed by atoms with E-state index in [1.807, 2.05) is 42.5 Å². The van der Waals surface area contributed by atoms with Crippen LogP contribution in [-0.4, -0.2) is 23.6 Å². The van der Waals surface area contributed by atoms with Crippen LogP contribution in [0.3, 0.4) is 0 Å². The molecule has 0 saturated heterocycles. The SMILES string of the molecule is O=C(NC[C@H](O)c1ccccc1)[C@H]1Cc2ccccc2CN1. The molecule has 4 heteroatoms. The van der Waals surface area contributed by atoms with Crippen molar-refractivity contribution in [3.8, 4) is 0 Å². The maximum Gasteiger partial charge on any atom is 0.237 e. The van der Waals surface area contributed by atoms with E-state index in [4.69, 9.17) is 0 Å². The van der Waals surface area contributed by atoms with E-state index in [2.05, 4.69) is 22.8 Å². The van der Waals surface area contributed by atoms with Gasteiger partial charge in [0.15, 0.2) is 0 Å². The van der Waals surface area contributed by atoms with Crippen molar-refractivity contribution in [1.29, 1.82) is 0 Å². The molecule has 0 aromatic heterocycles. The number of hydrogen-bond donors (Lipinski definition) is 3. The van der Waals surface area contributed by atoms with Crippen LogP contribution >= 0.6 is 0 Å². The predicted molar refractivity (Wildman–Crippen MR) is 85.2 cm³/mol. The first kappa shape index (κ1) is 14.8. The molecule has 1 aliphatic heterocycles. The molecule has 2 aromatic carbocycles. The second kappa shape index (κ2) is 6.73. The monoisotopic (exact) mass is 296 g/mol. The molecule has 0 fully saturated rings. The molecule has 0 aliphatic carbocycles. The highest BCUT2D eigenvalue weighted by molar-refractivity contribution is 5.82. The average Bonchev–Trinajstić information content (AvgIpc) is 2.59. The van der Waals surface area contributed by atoms with Gasteiger partial charge in [-0.3, -0.25) is 4.79 Å². The maximum absolute atomic E-state index is 12.3. The molecule has 1 amide bonds. The molecule has 22 heavy (non-hydrogen) atoms. The smallest absolute Gasteiger partial charge is 0.237 e. The second-order valence-electron chi connectivity index (χ2n) is 5.58. The molecule has 0 bridgehead atoms. The zero-order valence-corrected chi connectivity index (χ0v) is 12.3. The molecule has 2 atom stereocenters. The standard InChI is InChI=1S/C18H20N2O2/c21-17(13-6-2-1-3-7-13)12-20-18(22)16-10-14-8-4-5-9-15(14)11-19-16/h1-9,16-17,19,21H,10-12H2,(H,20,22)/t16-,17+/m1/s1. The Kier molecular flexibility index (Phi) is 4.51. The highest BCUT2D eigenvalue weighted by Gasteiger charge is 2.24. The summed E-state index contributed by atoms with van der Waals surface area (Å²) in [6, 6.07) is 17.3. The van der Waals surface area contributed by atoms with Crippen LogP contribution in [0.15, 0.2) is 54.6 Å². The number of benzene rings is 2. The topological polar surface area (TPSA) is 61.4 Å². The lowest BCUT2D eigenvalue weighted by Gasteiger charge is -2.25. The lowest BCUT2D eigenvalue weighted by atomic mass is 9.95. The Morgan fingerprint density at radius 1 is 1.14 bits per heavy atom. The van der Waals surface area contributed by atoms with E-state index in [0.29, 0.717) is 13.0 Å². The van der Waals surface area contributed by atoms with Gasteiger partial charge >= 0.3 is 0 Å². The van der Waals surface area contributed by atoms with Crippen LogP contribution in [0.25, 0.3) is 0 Å². The summed E-state index contributed by atoms with van der Waals surface area (Å²) >= 11 is 0. The van der Waals surface area contributed by atoms with Gasteiger partial charge in [0, 0.05) is 13.1 Å². The van der Waals surface area contributed by atoms with Gasteiger partial charge in [-0.2, -0.15) is 0 Å². The minimum atomic E-state index is -0.680. The molecule has 1 heterocycles. The second-order valence-corrected chi connectivity index (χ2v) is 5.58. The first-order valence-electron chi connectivity index (χ1n) is 7.55. The van der Waals surface area contributed by atoms with Gasteiger partial charge in [-0.15, -0.1) is 0 Å². The molecule has 3 rings (SSSR count). The van der Waals surface area contributed by atoms with Crippen LogP contribution in [0.4, 0.5) is 0 Å². The molecule has 0 spiro atoms. The van der Waals surface area contributed by atoms with E-state index in [1.54, 1.807) is 0 Å². The number of hydrogen-bond acceptors (Lipinski definition) is 3. The predicted octanol–water partition coefficient (Wildman–Crippen LogP) is 1.55. The molecule has 1 aliphatic rings. The average molecular weight is 296 g/mol. The highest BCUT2D eigenvalue weighted by atomic mass is 16.3. The molecule has 114 valence electrons. The number of carbonyl (C=O) groups is 1. The molecular weight excluding hydrogens is 276 g/mol. The van der Waals surface area contributed by atoms with Gasteiger partial charge in [-0.05, 0) is 23.1 Å². The first-order chi connectivity index (χ1) is 10.7. The van der Waals surface area contributed by atoms with Crippen molar-refractivity contribution >= 4 is 5.91 Å². The van der Waals surface area contributed by atoms with E-state index in [9.17, 15) is 9.90 Å². The van der Waals surface area contributed by atoms with E-state index in [-0.39, 0.29) is 18.5 Å². The molecule has 0 unspecified atom stereocenters. The van der Waals surface area contributed by atoms with Crippen LogP contribution in [0.5, 0.6) is 0 Å². The van der Waals surface area contributed by atoms with E-state index in [1.165, 1.54) is 11.1 Å². The summed E-state index contributed by atoms with van der Waals surface area (Å²) in [5.74, 6) is -0.0653. The fourth-order valence-electron chi connectivity index (χ4n) is 2.75. The van der Waals surface area contributed by atoms with Crippen molar-refractivity contribution in [1.82, 2.24) is 10.6 Å². The van der Waals surface area contributed by atoms with Gasteiger partial charge < -0.3 is 15.7 Å². The van der Waals surface area contributed by atoms with Gasteiger partial charge in [-0.25, -0.2) is 0 Å². The van der Waals surface area contributed by atoms with Crippen molar-refractivity contribution in [2.75, 3.05) is 6.54 Å². The van der Waals surface area contributed by atoms with Gasteiger partial charge in [0.25, 0.3) is 0 Å². The Labute approximate surface area is 130 Å². The zero-order chi connectivity index (χ0) is 15.4. The molecule has 3 N–H and O–H groups in total. The third-order valence-electron chi connectivity index (χ3n) is 4.05. The fourth-order valence-corrected chi connectivity index (χ4v) is 2.75. The van der Waals surface area contributed by atoms with Crippen molar-refractivity contribution in [2.45, 2.75) is 25.1 Å². The Morgan fingerprint density at radius 2 is 1.82 bits per heavy atom. The minimum absolute atomic E-state index is 0.0653. The lowest BCUT2D eigenvalue weighted by Crippen LogP contribution is -2.48. The first-order valence-corrected chi connectivity index (χ1v) is 7.55. The van der Waals surface area contributed by atoms with Crippen LogP contribution in [0.2, 0.25) is 0 Å². The summed E-state index contributed by atoms with van der Waals surface area (Å²) < 4.78 is 0. The summed E-state index contributed by atoms with van der Waals surface area (Å²) in [5.41, 5.74) is 3.27. The van der Waals surface area contributed by atoms with E-state index >= 15 is 0 Å². The van der Waals surface area contributed by atoms with E-state index < -0.39 is 6.10 Å². The number of aliphatic hydroxyl groups excluding tert-OH is 1. The number of amides is 1. The molecule has 2 aromatic rings. The maximum atomic E-state index is 12.3. The largest absolute Gasteiger partial charge is 0.387 e. The van der Waals surface area contributed by atoms with Crippen molar-refractivity contribution in [3.63, 3.8) is 0 Å². The van der Waals surface area contributed by atoms with Crippen LogP contribution < -0.4 is 10.6 Å². The number of nitrogens with one attached hydrogen (secondary N) is 2. The quantitative estimate of drug-likeness (QED) is 0.802. The number of carbonyl (C=O) groups excluding carboxylic acids is 1. The molecule has 0 saturated carbocycles. The number of aliphatic hydroxyl groups is 1. The van der Waals surface area contributed by atoms with Gasteiger partial charge in [0.2, 0.25) is 5.91 Å². The fraction of sp³-hybridized carbons (Fsp3) is 0.278. The van der Waals surface area contributed by atoms with Crippen LogP contribution in [-0.2, 0) is 17.8 Å². The van der Waals surface area contributed by atoms with Crippen molar-refractivity contribution < 1.29 is 9.90 Å². The molecular formula is C18H20N2O2. The normalized spacial score (nSPS) is 18.3. The Balaban J connectivity index is 1.55. The number of rotatable bonds is 4. The summed E-state index contributed by atoms with van der Waals surface area (Å²) in [6.07, 6.45) is 0.00436. The highest BCUT2D eigenvalue weighted by Crippen LogP contribution is 2.16. The lowest BCUT2D eigenvalue weighted by molar-refractivity contribution is -0.123. The third-order valence-corrected chi connectivity index (χ3v) is 4.05. The summed E-state index contributed by atoms with van der Waals surface area (Å²) in [4.78, 5) is 12.3. The van der Waals surface area contributed by atoms with Crippen LogP contribution in [0.1, 0.15) is 22.8 Å². The van der Waals surface area contributed by atoms with Gasteiger partial charge in [0.05, 0.1) is 12.1 Å². The Hall–Kier alpha value is -2.17. The van der Waals surface area contributed by atoms with Crippen LogP contribution in [0, 0.1) is 0 Å². The summed E-state index contributed by atoms with van der Waals surface area (Å²) in [7, 11) is 0. The zero-order valence-electron chi connectivity index (χ0n) is 12.3. The summed E-state index contributed by atoms with van der Waals surface area (Å²) in [5, 5.41) is 16.2. The van der Waals surface area contributed by atoms with Gasteiger partial charge in [0.1, 0.15) is 0 Å². The minimum Gasteiger partial charge on any atom is -0.387 e. The van der Waals surface area contributed by atoms with Crippen molar-refractivity contribution in [3.05, 3.63) is 71.3 Å². The Bertz CT molecular complexity index is 643. The molecule has 0 radical (unpaired) electrons. The Morgan fingerprint density at radius 3 is 2.59 bits per heavy atom. The third kappa shape index (κ3) is 3.35. The van der Waals surface area contributed by atoms with Gasteiger partial charge in [-0.1, -0.05) is 54.6 Å². The number of fused-ring (bicyclic) bond motifs is 1. The van der Waals surface area contributed by atoms with E-state index in [0.717, 1.165) is 5.56 Å².